The molecule has 0 saturated heterocycles. The topological polar surface area (TPSA) is 15.3 Å². The number of aromatic nitrogens is 2. The van der Waals surface area contributed by atoms with Crippen molar-refractivity contribution in [2.45, 2.75) is 0 Å². The quantitative estimate of drug-likeness (QED) is 0.166. The molecule has 4 aromatic heterocycles. The summed E-state index contributed by atoms with van der Waals surface area (Å²) < 4.78 is 5.19. The van der Waals surface area contributed by atoms with Gasteiger partial charge in [0.2, 0.25) is 0 Å². The number of hydrogen-bond acceptors (Lipinski definition) is 2. The van der Waals surface area contributed by atoms with Crippen molar-refractivity contribution in [3.8, 4) is 0 Å². The Bertz CT molecular complexity index is 4300. The zero-order valence-corrected chi connectivity index (χ0v) is 35.7. The second kappa shape index (κ2) is 13.3. The van der Waals surface area contributed by atoms with Gasteiger partial charge in [0.1, 0.15) is 0 Å². The summed E-state index contributed by atoms with van der Waals surface area (Å²) in [5, 5.41) is 15.0. The lowest BCUT2D eigenvalue weighted by Crippen LogP contribution is -2.11. The van der Waals surface area contributed by atoms with Crippen LogP contribution < -0.4 is 9.80 Å². The van der Waals surface area contributed by atoms with Crippen molar-refractivity contribution in [3.63, 3.8) is 0 Å². The van der Waals surface area contributed by atoms with E-state index in [4.69, 9.17) is 0 Å². The molecule has 0 fully saturated rings. The Morgan fingerprint density at radius 2 is 0.682 bits per heavy atom. The molecule has 4 heterocycles. The molecule has 0 unspecified atom stereocenters. The van der Waals surface area contributed by atoms with Crippen LogP contribution in [-0.4, -0.2) is 8.80 Å². The molecule has 0 saturated carbocycles. The van der Waals surface area contributed by atoms with E-state index in [1.54, 1.807) is 0 Å². The van der Waals surface area contributed by atoms with E-state index in [1.165, 1.54) is 103 Å². The lowest BCUT2D eigenvalue weighted by Gasteiger charge is -2.28. The molecule has 66 heavy (non-hydrogen) atoms. The highest BCUT2D eigenvalue weighted by atomic mass is 15.2. The van der Waals surface area contributed by atoms with Crippen LogP contribution in [0.5, 0.6) is 0 Å². The summed E-state index contributed by atoms with van der Waals surface area (Å²) in [6.45, 7) is 0. The minimum absolute atomic E-state index is 1.12. The first-order chi connectivity index (χ1) is 32.8. The SMILES string of the molecule is c1ccc(N(c2ccccc2)c2cccc3c4cccc5c6cc7c(cc6n(c23)c54)c2c3ccccc3cc3c4cc5ccccc5c(N(c5ccccc5)c5ccccc5)c4n7c32)cc1. The Morgan fingerprint density at radius 3 is 1.30 bits per heavy atom. The molecule has 4 heteroatoms. The standard InChI is InChI=1S/C62H38N4/c1-5-21-41(22-6-1)63(42-23-7-2-8-24-42)54-34-18-33-48-47-31-17-32-49-50-37-56-53(38-55(50)65(58(47)49)59(48)54)57-45-29-15-13-19-39(45)35-51-52-36-40-20-14-16-30-46(40)61(62(52)66(56)60(51)57)64(43-25-9-3-10-26-43)44-27-11-4-12-28-44/h1-38H. The Labute approximate surface area is 379 Å². The number of rotatable bonds is 6. The molecule has 11 aromatic carbocycles. The number of fused-ring (bicyclic) bond motifs is 15. The zero-order valence-electron chi connectivity index (χ0n) is 35.7. The fraction of sp³-hybridized carbons (Fsp3) is 0. The van der Waals surface area contributed by atoms with Crippen LogP contribution >= 0.6 is 0 Å². The molecule has 0 bridgehead atoms. The first-order valence-corrected chi connectivity index (χ1v) is 22.8. The summed E-state index contributed by atoms with van der Waals surface area (Å²) in [5.41, 5.74) is 14.1. The van der Waals surface area contributed by atoms with Gasteiger partial charge in [-0.25, -0.2) is 0 Å². The normalized spacial score (nSPS) is 12.2. The zero-order chi connectivity index (χ0) is 43.0. The van der Waals surface area contributed by atoms with Crippen LogP contribution in [0.15, 0.2) is 231 Å². The van der Waals surface area contributed by atoms with E-state index in [0.29, 0.717) is 0 Å². The predicted octanol–water partition coefficient (Wildman–Crippen LogP) is 17.2. The van der Waals surface area contributed by atoms with Gasteiger partial charge in [0.15, 0.2) is 0 Å². The van der Waals surface area contributed by atoms with Gasteiger partial charge < -0.3 is 18.6 Å². The number of para-hydroxylation sites is 6. The predicted molar refractivity (Wildman–Crippen MR) is 280 cm³/mol. The third-order valence-electron chi connectivity index (χ3n) is 14.2. The Hall–Kier alpha value is -8.86. The van der Waals surface area contributed by atoms with Crippen LogP contribution in [0.4, 0.5) is 34.1 Å². The van der Waals surface area contributed by atoms with Gasteiger partial charge in [0, 0.05) is 71.2 Å². The van der Waals surface area contributed by atoms with Crippen molar-refractivity contribution in [1.82, 2.24) is 8.80 Å². The largest absolute Gasteiger partial charge is 0.308 e. The molecular formula is C62H38N4. The first-order valence-electron chi connectivity index (χ1n) is 22.8. The Morgan fingerprint density at radius 1 is 0.258 bits per heavy atom. The monoisotopic (exact) mass is 838 g/mol. The van der Waals surface area contributed by atoms with Crippen molar-refractivity contribution in [2.75, 3.05) is 9.80 Å². The van der Waals surface area contributed by atoms with Gasteiger partial charge in [-0.15, -0.1) is 0 Å². The molecule has 4 nitrogen and oxygen atoms in total. The fourth-order valence-electron chi connectivity index (χ4n) is 11.6. The van der Waals surface area contributed by atoms with E-state index in [0.717, 1.165) is 28.4 Å². The molecule has 15 rings (SSSR count). The molecular weight excluding hydrogens is 801 g/mol. The summed E-state index contributed by atoms with van der Waals surface area (Å²) in [4.78, 5) is 4.89. The van der Waals surface area contributed by atoms with Gasteiger partial charge in [0.25, 0.3) is 0 Å². The van der Waals surface area contributed by atoms with Crippen LogP contribution in [0.1, 0.15) is 0 Å². The average Bonchev–Trinajstić information content (AvgIpc) is 4.10. The summed E-state index contributed by atoms with van der Waals surface area (Å²) in [6.07, 6.45) is 0. The highest BCUT2D eigenvalue weighted by Crippen LogP contribution is 2.52. The van der Waals surface area contributed by atoms with Crippen LogP contribution in [0.25, 0.3) is 97.7 Å². The number of anilines is 6. The summed E-state index contributed by atoms with van der Waals surface area (Å²) >= 11 is 0. The molecule has 0 radical (unpaired) electrons. The minimum Gasteiger partial charge on any atom is -0.308 e. The lowest BCUT2D eigenvalue weighted by atomic mass is 9.97. The number of benzene rings is 11. The van der Waals surface area contributed by atoms with E-state index >= 15 is 0 Å². The summed E-state index contributed by atoms with van der Waals surface area (Å²) in [6, 6.07) is 84.8. The van der Waals surface area contributed by atoms with E-state index in [2.05, 4.69) is 249 Å². The van der Waals surface area contributed by atoms with Crippen LogP contribution in [0.2, 0.25) is 0 Å². The molecule has 0 amide bonds. The second-order valence-corrected chi connectivity index (χ2v) is 17.7. The van der Waals surface area contributed by atoms with Gasteiger partial charge in [-0.05, 0) is 95.0 Å². The van der Waals surface area contributed by atoms with Crippen LogP contribution in [0, 0.1) is 0 Å². The first kappa shape index (κ1) is 35.6. The fourth-order valence-corrected chi connectivity index (χ4v) is 11.6. The van der Waals surface area contributed by atoms with Gasteiger partial charge in [-0.1, -0.05) is 152 Å². The number of hydrogen-bond donors (Lipinski definition) is 0. The number of nitrogens with zero attached hydrogens (tertiary/aromatic N) is 4. The molecule has 15 aromatic rings. The maximum absolute atomic E-state index is 2.62. The third-order valence-corrected chi connectivity index (χ3v) is 14.2. The Balaban J connectivity index is 1.15. The Kier molecular flexibility index (Phi) is 7.19. The highest BCUT2D eigenvalue weighted by Gasteiger charge is 2.29. The van der Waals surface area contributed by atoms with E-state index in [-0.39, 0.29) is 0 Å². The molecule has 0 spiro atoms. The van der Waals surface area contributed by atoms with Crippen LogP contribution in [-0.2, 0) is 0 Å². The van der Waals surface area contributed by atoms with Crippen molar-refractivity contribution in [2.24, 2.45) is 0 Å². The minimum atomic E-state index is 1.12. The third kappa shape index (κ3) is 4.72. The van der Waals surface area contributed by atoms with Crippen molar-refractivity contribution in [3.05, 3.63) is 231 Å². The van der Waals surface area contributed by atoms with E-state index in [1.807, 2.05) is 0 Å². The van der Waals surface area contributed by atoms with Crippen LogP contribution in [0.3, 0.4) is 0 Å². The maximum Gasteiger partial charge on any atom is 0.0789 e. The van der Waals surface area contributed by atoms with Crippen molar-refractivity contribution < 1.29 is 0 Å². The van der Waals surface area contributed by atoms with E-state index < -0.39 is 0 Å². The van der Waals surface area contributed by atoms with Gasteiger partial charge in [0.05, 0.1) is 44.5 Å². The van der Waals surface area contributed by atoms with Gasteiger partial charge >= 0.3 is 0 Å². The van der Waals surface area contributed by atoms with Gasteiger partial charge in [-0.2, -0.15) is 0 Å². The van der Waals surface area contributed by atoms with Gasteiger partial charge in [-0.3, -0.25) is 0 Å². The summed E-state index contributed by atoms with van der Waals surface area (Å²) in [7, 11) is 0. The average molecular weight is 839 g/mol. The molecule has 306 valence electrons. The van der Waals surface area contributed by atoms with Crippen molar-refractivity contribution in [1.29, 1.82) is 0 Å². The summed E-state index contributed by atoms with van der Waals surface area (Å²) in [5.74, 6) is 0. The smallest absolute Gasteiger partial charge is 0.0789 e. The lowest BCUT2D eigenvalue weighted by molar-refractivity contribution is 1.27. The highest BCUT2D eigenvalue weighted by molar-refractivity contribution is 6.36. The second-order valence-electron chi connectivity index (χ2n) is 17.7. The molecule has 0 aliphatic heterocycles. The molecule has 0 atom stereocenters. The molecule has 0 aliphatic rings. The van der Waals surface area contributed by atoms with E-state index in [9.17, 15) is 0 Å². The molecule has 0 N–H and O–H groups in total. The maximum atomic E-state index is 2.62. The van der Waals surface area contributed by atoms with Crippen molar-refractivity contribution >= 4 is 132 Å². The molecule has 0 aliphatic carbocycles.